The van der Waals surface area contributed by atoms with Gasteiger partial charge in [0, 0.05) is 17.1 Å². The molecule has 0 amide bonds. The SMILES string of the molecule is c1ccc(-c2cc(-c3ccccc3)c(-c3ccc(N(c4ccccc4)c4ccc(-c5ccc(-c6ccc7ccccc7c6)cc5)c(-c5ccccc5)c4)cc3)c(-c3ccccc3)c2)cc1. The predicted octanol–water partition coefficient (Wildman–Crippen LogP) is 18.0. The van der Waals surface area contributed by atoms with Gasteiger partial charge in [0.15, 0.2) is 0 Å². The molecule has 0 N–H and O–H groups in total. The van der Waals surface area contributed by atoms with Crippen LogP contribution in [0, 0.1) is 0 Å². The van der Waals surface area contributed by atoms with E-state index in [2.05, 4.69) is 278 Å². The Bertz CT molecular complexity index is 3300. The van der Waals surface area contributed by atoms with Gasteiger partial charge in [0.1, 0.15) is 0 Å². The van der Waals surface area contributed by atoms with Gasteiger partial charge >= 0.3 is 0 Å². The molecule has 11 aromatic rings. The molecule has 1 nitrogen and oxygen atoms in total. The minimum Gasteiger partial charge on any atom is -0.310 e. The quantitative estimate of drug-likeness (QED) is 0.133. The Morgan fingerprint density at radius 2 is 0.585 bits per heavy atom. The van der Waals surface area contributed by atoms with E-state index in [0.717, 1.165) is 22.6 Å². The van der Waals surface area contributed by atoms with E-state index < -0.39 is 0 Å². The first kappa shape index (κ1) is 39.3. The summed E-state index contributed by atoms with van der Waals surface area (Å²) in [5, 5.41) is 2.50. The standard InChI is InChI=1S/C64H45N/c1-6-18-46(19-7-1)56-43-62(50-23-10-3-11-24-50)64(63(44-56)51-25-12-4-13-26-51)53-36-38-58(39-37-53)65(57-28-14-5-15-29-57)59-40-41-60(61(45-59)49-21-8-2-9-22-49)52-33-30-48(31-34-52)55-35-32-47-20-16-17-27-54(47)42-55/h1-45H. The lowest BCUT2D eigenvalue weighted by atomic mass is 9.84. The number of benzene rings is 11. The molecule has 0 aliphatic rings. The third kappa shape index (κ3) is 8.04. The lowest BCUT2D eigenvalue weighted by Crippen LogP contribution is -2.10. The van der Waals surface area contributed by atoms with Crippen LogP contribution in [0.3, 0.4) is 0 Å². The molecule has 0 aromatic heterocycles. The highest BCUT2D eigenvalue weighted by Gasteiger charge is 2.20. The highest BCUT2D eigenvalue weighted by molar-refractivity contribution is 5.98. The second-order valence-corrected chi connectivity index (χ2v) is 16.5. The summed E-state index contributed by atoms with van der Waals surface area (Å²) in [6, 6.07) is 98.9. The van der Waals surface area contributed by atoms with Crippen LogP contribution in [0.25, 0.3) is 88.7 Å². The smallest absolute Gasteiger partial charge is 0.0468 e. The summed E-state index contributed by atoms with van der Waals surface area (Å²) >= 11 is 0. The topological polar surface area (TPSA) is 3.24 Å². The summed E-state index contributed by atoms with van der Waals surface area (Å²) in [7, 11) is 0. The van der Waals surface area contributed by atoms with E-state index in [0.29, 0.717) is 0 Å². The fraction of sp³-hybridized carbons (Fsp3) is 0. The van der Waals surface area contributed by atoms with Crippen LogP contribution in [-0.4, -0.2) is 0 Å². The predicted molar refractivity (Wildman–Crippen MR) is 277 cm³/mol. The zero-order valence-electron chi connectivity index (χ0n) is 35.9. The summed E-state index contributed by atoms with van der Waals surface area (Å²) < 4.78 is 0. The number of nitrogens with zero attached hydrogens (tertiary/aromatic N) is 1. The van der Waals surface area contributed by atoms with E-state index in [9.17, 15) is 0 Å². The van der Waals surface area contributed by atoms with Gasteiger partial charge in [-0.15, -0.1) is 0 Å². The second kappa shape index (κ2) is 17.7. The van der Waals surface area contributed by atoms with E-state index >= 15 is 0 Å². The molecule has 0 unspecified atom stereocenters. The number of fused-ring (bicyclic) bond motifs is 1. The van der Waals surface area contributed by atoms with Crippen molar-refractivity contribution in [2.75, 3.05) is 4.90 Å². The van der Waals surface area contributed by atoms with Gasteiger partial charge in [-0.25, -0.2) is 0 Å². The van der Waals surface area contributed by atoms with E-state index in [4.69, 9.17) is 0 Å². The van der Waals surface area contributed by atoms with Crippen LogP contribution < -0.4 is 4.90 Å². The molecule has 0 saturated carbocycles. The van der Waals surface area contributed by atoms with Crippen molar-refractivity contribution in [1.29, 1.82) is 0 Å². The molecule has 0 radical (unpaired) electrons. The minimum atomic E-state index is 1.08. The van der Waals surface area contributed by atoms with Crippen LogP contribution in [0.15, 0.2) is 273 Å². The normalized spacial score (nSPS) is 11.1. The summed E-state index contributed by atoms with van der Waals surface area (Å²) in [6.45, 7) is 0. The second-order valence-electron chi connectivity index (χ2n) is 16.5. The first-order valence-corrected chi connectivity index (χ1v) is 22.3. The molecular formula is C64H45N. The third-order valence-corrected chi connectivity index (χ3v) is 12.5. The van der Waals surface area contributed by atoms with Crippen molar-refractivity contribution in [1.82, 2.24) is 0 Å². The third-order valence-electron chi connectivity index (χ3n) is 12.5. The van der Waals surface area contributed by atoms with Crippen LogP contribution in [-0.2, 0) is 0 Å². The summed E-state index contributed by atoms with van der Waals surface area (Å²) in [6.07, 6.45) is 0. The van der Waals surface area contributed by atoms with E-state index in [1.807, 2.05) is 0 Å². The average molecular weight is 828 g/mol. The maximum atomic E-state index is 2.37. The minimum absolute atomic E-state index is 1.08. The van der Waals surface area contributed by atoms with Gasteiger partial charge in [-0.05, 0) is 143 Å². The van der Waals surface area contributed by atoms with Crippen molar-refractivity contribution in [3.63, 3.8) is 0 Å². The van der Waals surface area contributed by atoms with Gasteiger partial charge in [0.25, 0.3) is 0 Å². The molecule has 0 aliphatic carbocycles. The monoisotopic (exact) mass is 827 g/mol. The molecule has 0 bridgehead atoms. The average Bonchev–Trinajstić information content (AvgIpc) is 3.40. The van der Waals surface area contributed by atoms with Gasteiger partial charge in [-0.3, -0.25) is 0 Å². The molecule has 0 fully saturated rings. The number of hydrogen-bond donors (Lipinski definition) is 0. The van der Waals surface area contributed by atoms with Crippen molar-refractivity contribution in [2.45, 2.75) is 0 Å². The zero-order valence-corrected chi connectivity index (χ0v) is 35.9. The molecule has 0 aliphatic heterocycles. The van der Waals surface area contributed by atoms with Crippen molar-refractivity contribution in [2.24, 2.45) is 0 Å². The van der Waals surface area contributed by atoms with Gasteiger partial charge in [-0.2, -0.15) is 0 Å². The van der Waals surface area contributed by atoms with Crippen LogP contribution in [0.4, 0.5) is 17.1 Å². The Balaban J connectivity index is 1.02. The number of para-hydroxylation sites is 1. The van der Waals surface area contributed by atoms with Crippen molar-refractivity contribution < 1.29 is 0 Å². The molecule has 11 aromatic carbocycles. The Labute approximate surface area is 381 Å². The van der Waals surface area contributed by atoms with Gasteiger partial charge < -0.3 is 4.90 Å². The molecule has 0 saturated heterocycles. The van der Waals surface area contributed by atoms with E-state index in [-0.39, 0.29) is 0 Å². The molecule has 0 atom stereocenters. The molecule has 0 spiro atoms. The number of hydrogen-bond acceptors (Lipinski definition) is 1. The fourth-order valence-electron chi connectivity index (χ4n) is 9.23. The van der Waals surface area contributed by atoms with Gasteiger partial charge in [-0.1, -0.05) is 218 Å². The molecule has 0 heterocycles. The number of anilines is 3. The summed E-state index contributed by atoms with van der Waals surface area (Å²) in [4.78, 5) is 2.37. The Kier molecular flexibility index (Phi) is 10.7. The Hall–Kier alpha value is -8.52. The van der Waals surface area contributed by atoms with E-state index in [1.165, 1.54) is 83.1 Å². The first-order chi connectivity index (χ1) is 32.2. The molecular weight excluding hydrogens is 783 g/mol. The fourth-order valence-corrected chi connectivity index (χ4v) is 9.23. The van der Waals surface area contributed by atoms with Crippen LogP contribution in [0.1, 0.15) is 0 Å². The van der Waals surface area contributed by atoms with Gasteiger partial charge in [0.05, 0.1) is 0 Å². The van der Waals surface area contributed by atoms with Crippen LogP contribution >= 0.6 is 0 Å². The van der Waals surface area contributed by atoms with Crippen molar-refractivity contribution in [3.8, 4) is 77.9 Å². The van der Waals surface area contributed by atoms with Gasteiger partial charge in [0.2, 0.25) is 0 Å². The van der Waals surface area contributed by atoms with Crippen LogP contribution in [0.2, 0.25) is 0 Å². The molecule has 1 heteroatoms. The first-order valence-electron chi connectivity index (χ1n) is 22.3. The Morgan fingerprint density at radius 3 is 1.17 bits per heavy atom. The van der Waals surface area contributed by atoms with Crippen LogP contribution in [0.5, 0.6) is 0 Å². The largest absolute Gasteiger partial charge is 0.310 e. The number of rotatable bonds is 10. The maximum Gasteiger partial charge on any atom is 0.0468 e. The lowest BCUT2D eigenvalue weighted by molar-refractivity contribution is 1.28. The molecule has 11 rings (SSSR count). The highest BCUT2D eigenvalue weighted by atomic mass is 15.1. The van der Waals surface area contributed by atoms with E-state index in [1.54, 1.807) is 0 Å². The highest BCUT2D eigenvalue weighted by Crippen LogP contribution is 2.46. The van der Waals surface area contributed by atoms with Crippen molar-refractivity contribution in [3.05, 3.63) is 273 Å². The zero-order chi connectivity index (χ0) is 43.4. The Morgan fingerprint density at radius 1 is 0.185 bits per heavy atom. The molecule has 306 valence electrons. The lowest BCUT2D eigenvalue weighted by Gasteiger charge is -2.27. The summed E-state index contributed by atoms with van der Waals surface area (Å²) in [5.41, 5.74) is 19.9. The summed E-state index contributed by atoms with van der Waals surface area (Å²) in [5.74, 6) is 0. The maximum absolute atomic E-state index is 2.37. The molecule has 65 heavy (non-hydrogen) atoms. The van der Waals surface area contributed by atoms with Crippen molar-refractivity contribution >= 4 is 27.8 Å².